The molecule has 0 saturated carbocycles. The maximum Gasteiger partial charge on any atom is 0.218 e. The standard InChI is InChI=1S/C13H19N3O2S/c1-3-18-10-5-13(19-6-10)7-16(8-13)11-4-12(17-2)15-9-14-11/h4,9-10H,3,5-8H2,1-2H3. The van der Waals surface area contributed by atoms with E-state index in [2.05, 4.69) is 21.8 Å². The van der Waals surface area contributed by atoms with Gasteiger partial charge in [0.05, 0.1) is 18.0 Å². The molecule has 2 aliphatic heterocycles. The van der Waals surface area contributed by atoms with E-state index in [1.54, 1.807) is 13.4 Å². The van der Waals surface area contributed by atoms with Crippen LogP contribution in [0.3, 0.4) is 0 Å². The maximum atomic E-state index is 5.73. The molecule has 19 heavy (non-hydrogen) atoms. The zero-order valence-electron chi connectivity index (χ0n) is 11.3. The Bertz CT molecular complexity index is 451. The van der Waals surface area contributed by atoms with Crippen LogP contribution in [-0.4, -0.2) is 53.4 Å². The van der Waals surface area contributed by atoms with Crippen LogP contribution in [0.25, 0.3) is 0 Å². The maximum absolute atomic E-state index is 5.73. The van der Waals surface area contributed by atoms with Crippen LogP contribution in [-0.2, 0) is 4.74 Å². The average Bonchev–Trinajstić information content (AvgIpc) is 2.82. The van der Waals surface area contributed by atoms with Gasteiger partial charge < -0.3 is 14.4 Å². The molecule has 1 aromatic heterocycles. The van der Waals surface area contributed by atoms with Crippen LogP contribution in [0.15, 0.2) is 12.4 Å². The molecule has 5 nitrogen and oxygen atoms in total. The molecule has 2 aliphatic rings. The molecule has 1 unspecified atom stereocenters. The number of ether oxygens (including phenoxy) is 2. The summed E-state index contributed by atoms with van der Waals surface area (Å²) >= 11 is 2.05. The van der Waals surface area contributed by atoms with E-state index in [1.165, 1.54) is 0 Å². The molecule has 0 N–H and O–H groups in total. The lowest BCUT2D eigenvalue weighted by Crippen LogP contribution is -2.59. The van der Waals surface area contributed by atoms with Crippen molar-refractivity contribution in [3.05, 3.63) is 12.4 Å². The first kappa shape index (κ1) is 13.0. The average molecular weight is 281 g/mol. The van der Waals surface area contributed by atoms with Crippen LogP contribution in [0.5, 0.6) is 5.88 Å². The lowest BCUT2D eigenvalue weighted by Gasteiger charge is -2.48. The quantitative estimate of drug-likeness (QED) is 0.835. The Morgan fingerprint density at radius 1 is 1.47 bits per heavy atom. The highest BCUT2D eigenvalue weighted by molar-refractivity contribution is 8.01. The van der Waals surface area contributed by atoms with Crippen molar-refractivity contribution in [2.24, 2.45) is 0 Å². The number of hydrogen-bond donors (Lipinski definition) is 0. The van der Waals surface area contributed by atoms with Crippen LogP contribution >= 0.6 is 11.8 Å². The molecule has 0 aliphatic carbocycles. The van der Waals surface area contributed by atoms with Gasteiger partial charge >= 0.3 is 0 Å². The smallest absolute Gasteiger partial charge is 0.218 e. The molecule has 104 valence electrons. The first-order valence-electron chi connectivity index (χ1n) is 6.61. The Hall–Kier alpha value is -1.01. The predicted molar refractivity (Wildman–Crippen MR) is 76.0 cm³/mol. The molecule has 3 heterocycles. The monoisotopic (exact) mass is 281 g/mol. The minimum Gasteiger partial charge on any atom is -0.481 e. The molecule has 0 radical (unpaired) electrons. The van der Waals surface area contributed by atoms with Gasteiger partial charge in [-0.1, -0.05) is 0 Å². The van der Waals surface area contributed by atoms with Crippen molar-refractivity contribution in [3.8, 4) is 5.88 Å². The van der Waals surface area contributed by atoms with Crippen LogP contribution in [0, 0.1) is 0 Å². The summed E-state index contributed by atoms with van der Waals surface area (Å²) in [4.78, 5) is 10.6. The third kappa shape index (κ3) is 2.51. The number of methoxy groups -OCH3 is 1. The van der Waals surface area contributed by atoms with Crippen molar-refractivity contribution >= 4 is 17.6 Å². The fourth-order valence-electron chi connectivity index (χ4n) is 2.79. The second-order valence-corrected chi connectivity index (χ2v) is 6.54. The van der Waals surface area contributed by atoms with E-state index in [0.29, 0.717) is 16.7 Å². The van der Waals surface area contributed by atoms with Crippen molar-refractivity contribution in [3.63, 3.8) is 0 Å². The van der Waals surface area contributed by atoms with E-state index in [4.69, 9.17) is 9.47 Å². The Labute approximate surface area is 117 Å². The van der Waals surface area contributed by atoms with Crippen molar-refractivity contribution in [2.75, 3.05) is 37.5 Å². The fraction of sp³-hybridized carbons (Fsp3) is 0.692. The van der Waals surface area contributed by atoms with Gasteiger partial charge in [0.15, 0.2) is 0 Å². The number of aromatic nitrogens is 2. The van der Waals surface area contributed by atoms with E-state index < -0.39 is 0 Å². The van der Waals surface area contributed by atoms with Crippen molar-refractivity contribution < 1.29 is 9.47 Å². The summed E-state index contributed by atoms with van der Waals surface area (Å²) in [7, 11) is 1.63. The Balaban J connectivity index is 1.60. The Morgan fingerprint density at radius 2 is 2.32 bits per heavy atom. The molecule has 3 rings (SSSR count). The molecular formula is C13H19N3O2S. The van der Waals surface area contributed by atoms with E-state index in [0.717, 1.165) is 37.7 Å². The summed E-state index contributed by atoms with van der Waals surface area (Å²) in [6.45, 7) is 4.97. The highest BCUT2D eigenvalue weighted by Gasteiger charge is 2.49. The molecular weight excluding hydrogens is 262 g/mol. The van der Waals surface area contributed by atoms with E-state index in [-0.39, 0.29) is 0 Å². The first-order valence-corrected chi connectivity index (χ1v) is 7.60. The fourth-order valence-corrected chi connectivity index (χ4v) is 4.34. The predicted octanol–water partition coefficient (Wildman–Crippen LogP) is 1.59. The Morgan fingerprint density at radius 3 is 3.05 bits per heavy atom. The molecule has 6 heteroatoms. The van der Waals surface area contributed by atoms with Gasteiger partial charge in [-0.2, -0.15) is 0 Å². The minimum atomic E-state index is 0.373. The van der Waals surface area contributed by atoms with Gasteiger partial charge in [0.1, 0.15) is 12.1 Å². The number of rotatable bonds is 4. The van der Waals surface area contributed by atoms with Crippen molar-refractivity contribution in [2.45, 2.75) is 24.2 Å². The van der Waals surface area contributed by atoms with Gasteiger partial charge in [0.25, 0.3) is 0 Å². The molecule has 2 fully saturated rings. The zero-order valence-corrected chi connectivity index (χ0v) is 12.2. The summed E-state index contributed by atoms with van der Waals surface area (Å²) in [5.74, 6) is 2.70. The summed E-state index contributed by atoms with van der Waals surface area (Å²) in [6, 6.07) is 1.90. The third-order valence-corrected chi connectivity index (χ3v) is 5.27. The summed E-state index contributed by atoms with van der Waals surface area (Å²) in [5, 5.41) is 0. The number of hydrogen-bond acceptors (Lipinski definition) is 6. The second kappa shape index (κ2) is 5.17. The van der Waals surface area contributed by atoms with Crippen molar-refractivity contribution in [1.82, 2.24) is 9.97 Å². The summed E-state index contributed by atoms with van der Waals surface area (Å²) in [6.07, 6.45) is 3.14. The van der Waals surface area contributed by atoms with Gasteiger partial charge in [-0.25, -0.2) is 9.97 Å². The lowest BCUT2D eigenvalue weighted by atomic mass is 9.93. The normalized spacial score (nSPS) is 24.5. The molecule has 1 aromatic rings. The molecule has 0 aromatic carbocycles. The second-order valence-electron chi connectivity index (χ2n) is 5.05. The Kier molecular flexibility index (Phi) is 3.54. The molecule has 2 saturated heterocycles. The van der Waals surface area contributed by atoms with E-state index in [9.17, 15) is 0 Å². The summed E-state index contributed by atoms with van der Waals surface area (Å²) in [5.41, 5.74) is 0. The van der Waals surface area contributed by atoms with Gasteiger partial charge in [-0.15, -0.1) is 11.8 Å². The number of nitrogens with zero attached hydrogens (tertiary/aromatic N) is 3. The zero-order chi connectivity index (χ0) is 13.3. The number of anilines is 1. The van der Waals surface area contributed by atoms with Gasteiger partial charge in [0, 0.05) is 31.5 Å². The van der Waals surface area contributed by atoms with Crippen LogP contribution in [0.4, 0.5) is 5.82 Å². The van der Waals surface area contributed by atoms with E-state index >= 15 is 0 Å². The van der Waals surface area contributed by atoms with Gasteiger partial charge in [-0.3, -0.25) is 0 Å². The van der Waals surface area contributed by atoms with Crippen LogP contribution in [0.2, 0.25) is 0 Å². The summed E-state index contributed by atoms with van der Waals surface area (Å²) < 4.78 is 11.2. The lowest BCUT2D eigenvalue weighted by molar-refractivity contribution is 0.0699. The van der Waals surface area contributed by atoms with E-state index in [1.807, 2.05) is 17.8 Å². The van der Waals surface area contributed by atoms with Gasteiger partial charge in [0.2, 0.25) is 5.88 Å². The minimum absolute atomic E-state index is 0.373. The van der Waals surface area contributed by atoms with Crippen LogP contribution in [0.1, 0.15) is 13.3 Å². The largest absolute Gasteiger partial charge is 0.481 e. The molecule has 0 bridgehead atoms. The van der Waals surface area contributed by atoms with Crippen LogP contribution < -0.4 is 9.64 Å². The first-order chi connectivity index (χ1) is 9.24. The van der Waals surface area contributed by atoms with Crippen molar-refractivity contribution in [1.29, 1.82) is 0 Å². The highest BCUT2D eigenvalue weighted by Crippen LogP contribution is 2.47. The number of thioether (sulfide) groups is 1. The molecule has 1 atom stereocenters. The SMILES string of the molecule is CCOC1CSC2(C1)CN(c1cc(OC)ncn1)C2. The topological polar surface area (TPSA) is 47.5 Å². The van der Waals surface area contributed by atoms with Gasteiger partial charge in [-0.05, 0) is 13.3 Å². The molecule has 0 amide bonds. The third-order valence-electron chi connectivity index (χ3n) is 3.70. The molecule has 1 spiro atoms. The highest BCUT2D eigenvalue weighted by atomic mass is 32.2.